The van der Waals surface area contributed by atoms with Crippen molar-refractivity contribution in [3.05, 3.63) is 0 Å². The molecule has 0 aromatic heterocycles. The van der Waals surface area contributed by atoms with E-state index >= 15 is 0 Å². The highest BCUT2D eigenvalue weighted by molar-refractivity contribution is 8.48. The molecule has 0 aromatic carbocycles. The van der Waals surface area contributed by atoms with Crippen molar-refractivity contribution in [3.8, 4) is 0 Å². The molecule has 5 heteroatoms. The van der Waals surface area contributed by atoms with Gasteiger partial charge in [0, 0.05) is 19.5 Å². The predicted molar refractivity (Wildman–Crippen MR) is 59.9 cm³/mol. The maximum absolute atomic E-state index is 5.80. The van der Waals surface area contributed by atoms with Crippen LogP contribution in [0.1, 0.15) is 27.2 Å². The minimum Gasteiger partial charge on any atom is -0.178 e. The van der Waals surface area contributed by atoms with Crippen molar-refractivity contribution in [2.75, 3.05) is 19.7 Å². The Morgan fingerprint density at radius 2 is 2.08 bits per heavy atom. The highest BCUT2D eigenvalue weighted by Gasteiger charge is 2.49. The first-order chi connectivity index (χ1) is 6.12. The Morgan fingerprint density at radius 3 is 2.54 bits per heavy atom. The maximum atomic E-state index is 5.80. The molecule has 0 spiro atoms. The van der Waals surface area contributed by atoms with E-state index in [-0.39, 0.29) is 6.10 Å². The van der Waals surface area contributed by atoms with Crippen molar-refractivity contribution >= 4 is 19.3 Å². The summed E-state index contributed by atoms with van der Waals surface area (Å²) in [5, 5.41) is 0. The first-order valence-electron chi connectivity index (χ1n) is 4.82. The molecular weight excluding hydrogens is 205 g/mol. The van der Waals surface area contributed by atoms with Crippen molar-refractivity contribution in [1.29, 1.82) is 0 Å². The summed E-state index contributed by atoms with van der Waals surface area (Å²) in [6.45, 7) is 8.92. The van der Waals surface area contributed by atoms with Gasteiger partial charge in [-0.3, -0.25) is 0 Å². The lowest BCUT2D eigenvalue weighted by Gasteiger charge is -2.32. The Hall–Kier alpha value is 0.660. The molecule has 13 heavy (non-hydrogen) atoms. The molecule has 1 fully saturated rings. The van der Waals surface area contributed by atoms with Crippen molar-refractivity contribution in [1.82, 2.24) is 4.67 Å². The van der Waals surface area contributed by atoms with Crippen LogP contribution in [0.4, 0.5) is 0 Å². The van der Waals surface area contributed by atoms with Gasteiger partial charge >= 0.3 is 7.07 Å². The van der Waals surface area contributed by atoms with Crippen LogP contribution in [0, 0.1) is 0 Å². The molecule has 0 aliphatic carbocycles. The van der Waals surface area contributed by atoms with E-state index in [9.17, 15) is 0 Å². The molecule has 1 heterocycles. The maximum Gasteiger partial charge on any atom is 0.412 e. The fourth-order valence-electron chi connectivity index (χ4n) is 1.38. The predicted octanol–water partition coefficient (Wildman–Crippen LogP) is 2.76. The molecule has 78 valence electrons. The van der Waals surface area contributed by atoms with Crippen LogP contribution in [0.15, 0.2) is 0 Å². The molecule has 0 radical (unpaired) electrons. The fraction of sp³-hybridized carbons (Fsp3) is 1.00. The normalized spacial score (nSPS) is 35.3. The van der Waals surface area contributed by atoms with Gasteiger partial charge in [0.05, 0.1) is 12.2 Å². The summed E-state index contributed by atoms with van der Waals surface area (Å²) in [5.41, 5.74) is 0. The van der Waals surface area contributed by atoms with Gasteiger partial charge in [-0.1, -0.05) is 0 Å². The summed E-state index contributed by atoms with van der Waals surface area (Å²) >= 11 is 4.56. The van der Waals surface area contributed by atoms with E-state index in [4.69, 9.17) is 9.05 Å². The van der Waals surface area contributed by atoms with Gasteiger partial charge in [-0.05, 0) is 20.8 Å². The van der Waals surface area contributed by atoms with Gasteiger partial charge in [0.2, 0.25) is 0 Å². The third-order valence-electron chi connectivity index (χ3n) is 2.19. The summed E-state index contributed by atoms with van der Waals surface area (Å²) in [7, 11) is -2.00. The summed E-state index contributed by atoms with van der Waals surface area (Å²) in [4.78, 5) is 0. The zero-order chi connectivity index (χ0) is 9.90. The second-order valence-electron chi connectivity index (χ2n) is 3.17. The van der Waals surface area contributed by atoms with Crippen LogP contribution < -0.4 is 0 Å². The summed E-state index contributed by atoms with van der Waals surface area (Å²) in [6, 6.07) is 0. The Bertz CT molecular complexity index is 168. The lowest BCUT2D eigenvalue weighted by molar-refractivity contribution is 0.0924. The molecule has 1 aliphatic heterocycles. The van der Waals surface area contributed by atoms with Crippen molar-refractivity contribution in [3.63, 3.8) is 0 Å². The average molecular weight is 224 g/mol. The largest absolute Gasteiger partial charge is 0.412 e. The average Bonchev–Trinajstić information content (AvgIpc) is 2.05. The number of rotatable bonds is 3. The van der Waals surface area contributed by atoms with Gasteiger partial charge in [-0.25, -0.2) is 0 Å². The number of thiol groups is 1. The Kier molecular flexibility index (Phi) is 4.46. The molecule has 0 N–H and O–H groups in total. The minimum atomic E-state index is -2.00. The zero-order valence-corrected chi connectivity index (χ0v) is 10.4. The first-order valence-corrected chi connectivity index (χ1v) is 7.55. The van der Waals surface area contributed by atoms with Crippen LogP contribution in [0.25, 0.3) is 0 Å². The van der Waals surface area contributed by atoms with E-state index in [1.165, 1.54) is 0 Å². The van der Waals surface area contributed by atoms with Gasteiger partial charge in [0.25, 0.3) is 0 Å². The van der Waals surface area contributed by atoms with Crippen LogP contribution in [0.5, 0.6) is 0 Å². The molecule has 0 amide bonds. The summed E-state index contributed by atoms with van der Waals surface area (Å²) in [6.07, 6.45) is 1.25. The quantitative estimate of drug-likeness (QED) is 0.588. The molecule has 3 nitrogen and oxygen atoms in total. The Balaban J connectivity index is 2.61. The lowest BCUT2D eigenvalue weighted by Crippen LogP contribution is -2.30. The van der Waals surface area contributed by atoms with Crippen molar-refractivity contribution in [2.45, 2.75) is 33.3 Å². The molecule has 2 unspecified atom stereocenters. The van der Waals surface area contributed by atoms with Gasteiger partial charge < -0.3 is 0 Å². The first kappa shape index (κ1) is 11.7. The van der Waals surface area contributed by atoms with Gasteiger partial charge in [-0.15, -0.1) is 4.67 Å². The van der Waals surface area contributed by atoms with Gasteiger partial charge in [0.1, 0.15) is 12.7 Å². The lowest BCUT2D eigenvalue weighted by atomic mass is 10.3. The third-order valence-corrected chi connectivity index (χ3v) is 6.01. The van der Waals surface area contributed by atoms with Crippen LogP contribution in [0.2, 0.25) is 0 Å². The van der Waals surface area contributed by atoms with E-state index in [1.54, 1.807) is 0 Å². The smallest absolute Gasteiger partial charge is 0.178 e. The molecule has 0 aromatic rings. The number of hydrogen-bond acceptors (Lipinski definition) is 4. The van der Waals surface area contributed by atoms with E-state index in [2.05, 4.69) is 37.7 Å². The standard InChI is InChI=1S/C8H19NO2PS/c1-4-9(5-2)12(13)10-7-6-8(3)11-12/h8,13H,4-7H2,1-3H3/q+1. The summed E-state index contributed by atoms with van der Waals surface area (Å²) in [5.74, 6) is 0. The Labute approximate surface area is 86.5 Å². The second-order valence-corrected chi connectivity index (χ2v) is 6.70. The highest BCUT2D eigenvalue weighted by atomic mass is 32.7. The highest BCUT2D eigenvalue weighted by Crippen LogP contribution is 2.70. The monoisotopic (exact) mass is 224 g/mol. The van der Waals surface area contributed by atoms with Crippen LogP contribution in [-0.4, -0.2) is 30.5 Å². The molecule has 1 rings (SSSR count). The zero-order valence-electron chi connectivity index (χ0n) is 8.56. The molecule has 0 saturated carbocycles. The minimum absolute atomic E-state index is 0.278. The van der Waals surface area contributed by atoms with Crippen LogP contribution in [0.3, 0.4) is 0 Å². The second kappa shape index (κ2) is 4.94. The number of nitrogens with zero attached hydrogens (tertiary/aromatic N) is 1. The van der Waals surface area contributed by atoms with Gasteiger partial charge in [-0.2, -0.15) is 9.05 Å². The molecule has 1 aliphatic rings. The van der Waals surface area contributed by atoms with Crippen molar-refractivity contribution < 1.29 is 9.05 Å². The molecule has 1 saturated heterocycles. The van der Waals surface area contributed by atoms with Crippen LogP contribution in [-0.2, 0) is 9.05 Å². The molecule has 2 atom stereocenters. The number of hydrogen-bond donors (Lipinski definition) is 1. The topological polar surface area (TPSA) is 21.7 Å². The fourth-order valence-corrected chi connectivity index (χ4v) is 4.86. The van der Waals surface area contributed by atoms with Crippen molar-refractivity contribution in [2.24, 2.45) is 0 Å². The van der Waals surface area contributed by atoms with Gasteiger partial charge in [0.15, 0.2) is 0 Å². The van der Waals surface area contributed by atoms with E-state index in [0.29, 0.717) is 0 Å². The third kappa shape index (κ3) is 2.80. The van der Waals surface area contributed by atoms with E-state index in [0.717, 1.165) is 26.1 Å². The van der Waals surface area contributed by atoms with E-state index in [1.807, 2.05) is 0 Å². The molecular formula is C8H19NO2PS+. The van der Waals surface area contributed by atoms with E-state index < -0.39 is 7.07 Å². The SMILES string of the molecule is CCN(CC)[P+]1(S)OCCC(C)O1. The summed E-state index contributed by atoms with van der Waals surface area (Å²) < 4.78 is 13.6. The molecule has 0 bridgehead atoms. The Morgan fingerprint density at radius 1 is 1.46 bits per heavy atom. The van der Waals surface area contributed by atoms with Crippen LogP contribution >= 0.6 is 19.3 Å².